The first kappa shape index (κ1) is 32.1. The lowest BCUT2D eigenvalue weighted by Crippen LogP contribution is -2.51. The van der Waals surface area contributed by atoms with E-state index in [1.807, 2.05) is 0 Å². The molecule has 0 saturated heterocycles. The molecule has 1 aliphatic carbocycles. The van der Waals surface area contributed by atoms with Gasteiger partial charge in [0.1, 0.15) is 0 Å². The van der Waals surface area contributed by atoms with Crippen LogP contribution >= 0.6 is 0 Å². The summed E-state index contributed by atoms with van der Waals surface area (Å²) in [6, 6.07) is 10.5. The Balaban J connectivity index is 0.000000434. The van der Waals surface area contributed by atoms with Crippen LogP contribution in [0.5, 0.6) is 0 Å². The highest BCUT2D eigenvalue weighted by atomic mass is 32.2. The monoisotopic (exact) mass is 511 g/mol. The van der Waals surface area contributed by atoms with E-state index >= 15 is 0 Å². The Hall–Kier alpha value is -0.950. The Kier molecular flexibility index (Phi) is 15.3. The summed E-state index contributed by atoms with van der Waals surface area (Å²) in [6.07, 6.45) is 13.1. The van der Waals surface area contributed by atoms with Crippen LogP contribution in [0.1, 0.15) is 110 Å². The van der Waals surface area contributed by atoms with E-state index in [2.05, 4.69) is 58.0 Å². The van der Waals surface area contributed by atoms with Gasteiger partial charge in [-0.2, -0.15) is 0 Å². The molecular formula is C29H53NO4S. The van der Waals surface area contributed by atoms with Crippen LogP contribution in [0.15, 0.2) is 30.3 Å². The van der Waals surface area contributed by atoms with E-state index in [0.29, 0.717) is 12.3 Å². The molecule has 0 aliphatic heterocycles. The molecule has 1 aliphatic rings. The summed E-state index contributed by atoms with van der Waals surface area (Å²) in [5.74, 6) is 0.227. The van der Waals surface area contributed by atoms with Gasteiger partial charge in [0, 0.05) is 12.2 Å². The molecule has 1 atom stereocenters. The van der Waals surface area contributed by atoms with Gasteiger partial charge >= 0.3 is 0 Å². The van der Waals surface area contributed by atoms with E-state index in [1.54, 1.807) is 0 Å². The number of nitrogens with zero attached hydrogens (tertiary/aromatic N) is 1. The van der Waals surface area contributed by atoms with Crippen molar-refractivity contribution in [2.24, 2.45) is 5.92 Å². The molecule has 1 aromatic carbocycles. The van der Waals surface area contributed by atoms with Gasteiger partial charge in [-0.15, -0.1) is 0 Å². The van der Waals surface area contributed by atoms with E-state index in [9.17, 15) is 18.1 Å². The molecule has 0 aromatic heterocycles. The minimum absolute atomic E-state index is 0.195. The SMILES string of the molecule is CCCCCCCCS(=O)(=O)[O-].CC[N+](CC)(CC)CCC(O)(c1ccccc1)C1CCCCC1. The van der Waals surface area contributed by atoms with E-state index < -0.39 is 15.7 Å². The van der Waals surface area contributed by atoms with Crippen LogP contribution in [0, 0.1) is 5.92 Å². The van der Waals surface area contributed by atoms with Gasteiger partial charge < -0.3 is 14.1 Å². The standard InChI is InChI=1S/C21H36NO.C8H18O3S/c1-4-22(5-2,6-3)18-17-21(23,19-13-9-7-10-14-19)20-15-11-8-12-16-20;1-2-3-4-5-6-7-8-12(9,10)11/h7,9-10,13-14,20,23H,4-6,8,11-12,15-18H2,1-3H3;2-8H2,1H3,(H,9,10,11)/q+1;/p-1. The van der Waals surface area contributed by atoms with Crippen molar-refractivity contribution in [1.29, 1.82) is 0 Å². The molecule has 0 spiro atoms. The Labute approximate surface area is 216 Å². The summed E-state index contributed by atoms with van der Waals surface area (Å²) in [6.45, 7) is 13.5. The van der Waals surface area contributed by atoms with Crippen molar-refractivity contribution >= 4 is 10.1 Å². The van der Waals surface area contributed by atoms with Crippen molar-refractivity contribution in [3.8, 4) is 0 Å². The Bertz CT molecular complexity index is 750. The van der Waals surface area contributed by atoms with Crippen LogP contribution in [0.4, 0.5) is 0 Å². The molecule has 0 heterocycles. The zero-order chi connectivity index (χ0) is 26.2. The number of quaternary nitrogens is 1. The summed E-state index contributed by atoms with van der Waals surface area (Å²) in [7, 11) is -3.97. The summed E-state index contributed by atoms with van der Waals surface area (Å²) < 4.78 is 31.6. The Morgan fingerprint density at radius 3 is 1.94 bits per heavy atom. The van der Waals surface area contributed by atoms with Crippen LogP contribution in [-0.2, 0) is 15.7 Å². The summed E-state index contributed by atoms with van der Waals surface area (Å²) >= 11 is 0. The van der Waals surface area contributed by atoms with E-state index in [4.69, 9.17) is 0 Å². The summed E-state index contributed by atoms with van der Waals surface area (Å²) in [5, 5.41) is 11.7. The topological polar surface area (TPSA) is 77.4 Å². The van der Waals surface area contributed by atoms with Crippen molar-refractivity contribution in [3.63, 3.8) is 0 Å². The third-order valence-corrected chi connectivity index (χ3v) is 9.07. The van der Waals surface area contributed by atoms with Crippen LogP contribution in [-0.4, -0.2) is 54.5 Å². The first-order valence-corrected chi connectivity index (χ1v) is 15.8. The molecule has 0 amide bonds. The highest BCUT2D eigenvalue weighted by molar-refractivity contribution is 7.85. The molecule has 0 bridgehead atoms. The van der Waals surface area contributed by atoms with Gasteiger partial charge in [0.15, 0.2) is 0 Å². The molecule has 1 saturated carbocycles. The zero-order valence-corrected chi connectivity index (χ0v) is 23.8. The predicted molar refractivity (Wildman–Crippen MR) is 146 cm³/mol. The second-order valence-corrected chi connectivity index (χ2v) is 11.9. The first-order chi connectivity index (χ1) is 16.7. The second-order valence-electron chi connectivity index (χ2n) is 10.4. The second kappa shape index (κ2) is 16.7. The van der Waals surface area contributed by atoms with E-state index in [-0.39, 0.29) is 5.75 Å². The van der Waals surface area contributed by atoms with Crippen molar-refractivity contribution in [2.75, 3.05) is 31.9 Å². The molecule has 0 radical (unpaired) electrons. The number of unbranched alkanes of at least 4 members (excludes halogenated alkanes) is 5. The predicted octanol–water partition coefficient (Wildman–Crippen LogP) is 6.61. The fourth-order valence-electron chi connectivity index (χ4n) is 5.50. The van der Waals surface area contributed by atoms with E-state index in [0.717, 1.165) is 61.9 Å². The quantitative estimate of drug-likeness (QED) is 0.163. The Morgan fingerprint density at radius 1 is 0.886 bits per heavy atom. The molecule has 204 valence electrons. The van der Waals surface area contributed by atoms with Gasteiger partial charge in [-0.25, -0.2) is 8.42 Å². The zero-order valence-electron chi connectivity index (χ0n) is 23.0. The normalized spacial score (nSPS) is 16.9. The Morgan fingerprint density at radius 2 is 1.43 bits per heavy atom. The molecule has 1 N–H and O–H groups in total. The van der Waals surface area contributed by atoms with Gasteiger partial charge in [-0.3, -0.25) is 0 Å². The summed E-state index contributed by atoms with van der Waals surface area (Å²) in [5.41, 5.74) is 0.485. The number of hydrogen-bond donors (Lipinski definition) is 1. The van der Waals surface area contributed by atoms with Crippen LogP contribution in [0.2, 0.25) is 0 Å². The lowest BCUT2D eigenvalue weighted by Gasteiger charge is -2.43. The maximum Gasteiger partial charge on any atom is 0.0978 e. The molecule has 2 rings (SSSR count). The molecule has 1 unspecified atom stereocenters. The maximum atomic E-state index is 11.7. The largest absolute Gasteiger partial charge is 0.748 e. The highest BCUT2D eigenvalue weighted by Crippen LogP contribution is 2.42. The van der Waals surface area contributed by atoms with Crippen molar-refractivity contribution < 1.29 is 22.6 Å². The maximum absolute atomic E-state index is 11.7. The van der Waals surface area contributed by atoms with Gasteiger partial charge in [-0.1, -0.05) is 88.6 Å². The van der Waals surface area contributed by atoms with Gasteiger partial charge in [0.2, 0.25) is 0 Å². The van der Waals surface area contributed by atoms with Gasteiger partial charge in [0.25, 0.3) is 0 Å². The lowest BCUT2D eigenvalue weighted by atomic mass is 9.71. The lowest BCUT2D eigenvalue weighted by molar-refractivity contribution is -0.924. The summed E-state index contributed by atoms with van der Waals surface area (Å²) in [4.78, 5) is 0. The third kappa shape index (κ3) is 11.8. The molecule has 35 heavy (non-hydrogen) atoms. The average molecular weight is 512 g/mol. The first-order valence-electron chi connectivity index (χ1n) is 14.2. The minimum Gasteiger partial charge on any atom is -0.748 e. The number of rotatable bonds is 15. The van der Waals surface area contributed by atoms with Crippen LogP contribution in [0.25, 0.3) is 0 Å². The van der Waals surface area contributed by atoms with Crippen molar-refractivity contribution in [3.05, 3.63) is 35.9 Å². The van der Waals surface area contributed by atoms with Gasteiger partial charge in [0.05, 0.1) is 41.9 Å². The molecule has 1 fully saturated rings. The van der Waals surface area contributed by atoms with E-state index in [1.165, 1.54) is 44.9 Å². The van der Waals surface area contributed by atoms with Crippen LogP contribution < -0.4 is 0 Å². The smallest absolute Gasteiger partial charge is 0.0978 e. The molecule has 1 aromatic rings. The molecule has 5 nitrogen and oxygen atoms in total. The van der Waals surface area contributed by atoms with Crippen molar-refractivity contribution in [2.45, 2.75) is 110 Å². The van der Waals surface area contributed by atoms with Crippen molar-refractivity contribution in [1.82, 2.24) is 0 Å². The third-order valence-electron chi connectivity index (χ3n) is 8.28. The minimum atomic E-state index is -3.97. The number of benzene rings is 1. The highest BCUT2D eigenvalue weighted by Gasteiger charge is 2.40. The average Bonchev–Trinajstić information content (AvgIpc) is 2.88. The van der Waals surface area contributed by atoms with Crippen LogP contribution in [0.3, 0.4) is 0 Å². The fourth-order valence-corrected chi connectivity index (χ4v) is 6.06. The number of aliphatic hydroxyl groups is 1. The molecule has 6 heteroatoms. The fraction of sp³-hybridized carbons (Fsp3) is 0.793. The molecular weight excluding hydrogens is 458 g/mol. The number of hydrogen-bond acceptors (Lipinski definition) is 4. The van der Waals surface area contributed by atoms with Gasteiger partial charge in [-0.05, 0) is 51.5 Å².